The molecule has 2 unspecified atom stereocenters. The Hall–Kier alpha value is -4.37. The van der Waals surface area contributed by atoms with Crippen LogP contribution in [-0.4, -0.2) is 8.75 Å². The molecule has 14 rings (SSSR count). The first-order valence-corrected chi connectivity index (χ1v) is 22.5. The highest BCUT2D eigenvalue weighted by Crippen LogP contribution is 2.56. The van der Waals surface area contributed by atoms with Crippen molar-refractivity contribution in [3.8, 4) is 52.2 Å². The average Bonchev–Trinajstić information content (AvgIpc) is 4.03. The largest absolute Gasteiger partial charge is 0.172 e. The van der Waals surface area contributed by atoms with E-state index in [2.05, 4.69) is 95.7 Å². The van der Waals surface area contributed by atoms with Crippen LogP contribution in [0.3, 0.4) is 0 Å². The summed E-state index contributed by atoms with van der Waals surface area (Å²) in [6, 6.07) is 31.1. The van der Waals surface area contributed by atoms with Crippen LogP contribution in [0.1, 0.15) is 49.8 Å². The minimum atomic E-state index is 0.560. The molecule has 0 bridgehead atoms. The van der Waals surface area contributed by atoms with Gasteiger partial charge >= 0.3 is 0 Å². The number of hydrogen-bond acceptors (Lipinski definition) is 7. The van der Waals surface area contributed by atoms with E-state index in [1.807, 2.05) is 45.8 Å². The molecule has 0 radical (unpaired) electrons. The molecular formula is C46H26N2S5. The van der Waals surface area contributed by atoms with Crippen LogP contribution in [0.25, 0.3) is 84.8 Å². The summed E-state index contributed by atoms with van der Waals surface area (Å²) >= 11 is 9.11. The molecule has 2 nitrogen and oxygen atoms in total. The third kappa shape index (κ3) is 3.75. The smallest absolute Gasteiger partial charge is 0.114 e. The fraction of sp³-hybridized carbons (Fsp3) is 0.130. The summed E-state index contributed by atoms with van der Waals surface area (Å²) in [5, 5.41) is 11.1. The molecule has 9 aromatic rings. The Labute approximate surface area is 325 Å². The molecule has 1 aliphatic heterocycles. The zero-order valence-electron chi connectivity index (χ0n) is 28.2. The molecule has 5 heterocycles. The Morgan fingerprint density at radius 2 is 1.08 bits per heavy atom. The molecule has 5 aromatic carbocycles. The standard InChI is InChI=1S/C46H26N2S5/c1-5-31-37-21(15-25-11-13-49-43(25)31)3-7-33-39(37)23(1)17-27-19-35(51-45(27)33)29-9-10-30(42-41(29)47-53-48-42)36-20-28-18-24-2-6-32-38-22(16-26-12-14-50-44(26)32)4-8-34(40(24)38)46(28)52-36/h1-14,19-20,25,43H,15-18H2. The van der Waals surface area contributed by atoms with Gasteiger partial charge in [-0.05, 0) is 127 Å². The Morgan fingerprint density at radius 3 is 1.75 bits per heavy atom. The Balaban J connectivity index is 0.877. The van der Waals surface area contributed by atoms with Crippen LogP contribution in [0, 0.1) is 5.92 Å². The fourth-order valence-corrected chi connectivity index (χ4v) is 15.5. The lowest BCUT2D eigenvalue weighted by atomic mass is 9.77. The molecule has 2 atom stereocenters. The minimum Gasteiger partial charge on any atom is -0.172 e. The normalized spacial score (nSPS) is 18.1. The van der Waals surface area contributed by atoms with Crippen LogP contribution in [0.2, 0.25) is 0 Å². The molecule has 250 valence electrons. The van der Waals surface area contributed by atoms with Crippen LogP contribution < -0.4 is 0 Å². The molecule has 53 heavy (non-hydrogen) atoms. The maximum atomic E-state index is 4.97. The van der Waals surface area contributed by atoms with Crippen molar-refractivity contribution in [2.75, 3.05) is 0 Å². The summed E-state index contributed by atoms with van der Waals surface area (Å²) in [7, 11) is 0. The Morgan fingerprint density at radius 1 is 0.509 bits per heavy atom. The van der Waals surface area contributed by atoms with Crippen LogP contribution in [-0.2, 0) is 25.7 Å². The lowest BCUT2D eigenvalue weighted by molar-refractivity contribution is 0.632. The molecule has 0 fully saturated rings. The van der Waals surface area contributed by atoms with Crippen LogP contribution in [0.15, 0.2) is 95.7 Å². The number of fused-ring (bicyclic) bond motifs is 9. The molecule has 7 heteroatoms. The zero-order valence-corrected chi connectivity index (χ0v) is 32.2. The van der Waals surface area contributed by atoms with Gasteiger partial charge in [-0.25, -0.2) is 0 Å². The SMILES string of the molecule is C1=CC2Cc3ccc4c5c(ccc(c35)C2S1)Cc1cc(-c2ccc(-c3cc5c(s3)-c3ccc6c7c(ccc(c37)C5)-c3sccc3C6)c3nsnc23)sc1-4. The molecule has 4 aliphatic carbocycles. The predicted octanol–water partition coefficient (Wildman–Crippen LogP) is 13.7. The van der Waals surface area contributed by atoms with Crippen LogP contribution >= 0.6 is 57.5 Å². The Bertz CT molecular complexity index is 3180. The molecule has 0 saturated carbocycles. The number of thioether (sulfide) groups is 1. The van der Waals surface area contributed by atoms with Crippen molar-refractivity contribution in [1.29, 1.82) is 0 Å². The number of allylic oxidation sites excluding steroid dienone is 1. The van der Waals surface area contributed by atoms with Crippen LogP contribution in [0.4, 0.5) is 0 Å². The van der Waals surface area contributed by atoms with Gasteiger partial charge < -0.3 is 0 Å². The second-order valence-electron chi connectivity index (χ2n) is 15.2. The highest BCUT2D eigenvalue weighted by atomic mass is 32.2. The maximum absolute atomic E-state index is 4.97. The monoisotopic (exact) mass is 766 g/mol. The summed E-state index contributed by atoms with van der Waals surface area (Å²) in [5.41, 5.74) is 20.5. The van der Waals surface area contributed by atoms with E-state index in [0.717, 1.165) is 36.7 Å². The van der Waals surface area contributed by atoms with Gasteiger partial charge in [0.05, 0.1) is 11.7 Å². The number of thiophene rings is 3. The summed E-state index contributed by atoms with van der Waals surface area (Å²) in [4.78, 5) is 6.87. The predicted molar refractivity (Wildman–Crippen MR) is 228 cm³/mol. The van der Waals surface area contributed by atoms with E-state index in [9.17, 15) is 0 Å². The lowest BCUT2D eigenvalue weighted by Crippen LogP contribution is -2.15. The van der Waals surface area contributed by atoms with E-state index >= 15 is 0 Å². The van der Waals surface area contributed by atoms with Crippen LogP contribution in [0.5, 0.6) is 0 Å². The molecule has 0 saturated heterocycles. The van der Waals surface area contributed by atoms with Crippen molar-refractivity contribution < 1.29 is 0 Å². The maximum Gasteiger partial charge on any atom is 0.114 e. The van der Waals surface area contributed by atoms with Crippen molar-refractivity contribution in [3.05, 3.63) is 140 Å². The van der Waals surface area contributed by atoms with Crippen molar-refractivity contribution in [2.45, 2.75) is 30.9 Å². The minimum absolute atomic E-state index is 0.560. The number of hydrogen-bond donors (Lipinski definition) is 0. The second-order valence-corrected chi connectivity index (χ2v) is 19.8. The summed E-state index contributed by atoms with van der Waals surface area (Å²) in [6.45, 7) is 0. The summed E-state index contributed by atoms with van der Waals surface area (Å²) in [6.07, 6.45) is 6.58. The zero-order chi connectivity index (χ0) is 34.1. The molecular weight excluding hydrogens is 741 g/mol. The van der Waals surface area contributed by atoms with Crippen molar-refractivity contribution in [2.24, 2.45) is 5.92 Å². The number of benzene rings is 5. The van der Waals surface area contributed by atoms with E-state index < -0.39 is 0 Å². The third-order valence-electron chi connectivity index (χ3n) is 12.6. The summed E-state index contributed by atoms with van der Waals surface area (Å²) in [5.74, 6) is 0.623. The van der Waals surface area contributed by atoms with Gasteiger partial charge in [-0.2, -0.15) is 8.75 Å². The van der Waals surface area contributed by atoms with Gasteiger partial charge in [0.15, 0.2) is 0 Å². The van der Waals surface area contributed by atoms with E-state index in [1.54, 1.807) is 0 Å². The Kier molecular flexibility index (Phi) is 5.60. The first kappa shape index (κ1) is 29.0. The van der Waals surface area contributed by atoms with Crippen molar-refractivity contribution in [3.63, 3.8) is 0 Å². The average molecular weight is 767 g/mol. The van der Waals surface area contributed by atoms with Gasteiger partial charge in [-0.3, -0.25) is 0 Å². The third-order valence-corrected chi connectivity index (χ3v) is 17.8. The van der Waals surface area contributed by atoms with Gasteiger partial charge in [0.2, 0.25) is 0 Å². The molecule has 4 aromatic heterocycles. The highest BCUT2D eigenvalue weighted by Gasteiger charge is 2.35. The van der Waals surface area contributed by atoms with E-state index in [-0.39, 0.29) is 0 Å². The first-order chi connectivity index (χ1) is 26.2. The quantitative estimate of drug-likeness (QED) is 0.175. The highest BCUT2D eigenvalue weighted by molar-refractivity contribution is 8.02. The van der Waals surface area contributed by atoms with E-state index in [1.165, 1.54) is 130 Å². The summed E-state index contributed by atoms with van der Waals surface area (Å²) < 4.78 is 9.93. The number of aromatic nitrogens is 2. The fourth-order valence-electron chi connectivity index (χ4n) is 10.3. The van der Waals surface area contributed by atoms with Gasteiger partial charge in [-0.15, -0.1) is 45.8 Å². The van der Waals surface area contributed by atoms with Crippen molar-refractivity contribution >= 4 is 90.1 Å². The molecule has 0 N–H and O–H groups in total. The molecule has 0 spiro atoms. The van der Waals surface area contributed by atoms with Gasteiger partial charge in [0, 0.05) is 57.5 Å². The first-order valence-electron chi connectivity index (χ1n) is 18.3. The topological polar surface area (TPSA) is 25.8 Å². The van der Waals surface area contributed by atoms with Crippen molar-refractivity contribution in [1.82, 2.24) is 8.75 Å². The van der Waals surface area contributed by atoms with Gasteiger partial charge in [0.25, 0.3) is 0 Å². The van der Waals surface area contributed by atoms with E-state index in [0.29, 0.717) is 11.2 Å². The van der Waals surface area contributed by atoms with E-state index in [4.69, 9.17) is 8.75 Å². The molecule has 0 amide bonds. The van der Waals surface area contributed by atoms with Gasteiger partial charge in [0.1, 0.15) is 11.0 Å². The lowest BCUT2D eigenvalue weighted by Gasteiger charge is -2.30. The number of nitrogens with zero attached hydrogens (tertiary/aromatic N) is 2. The molecule has 5 aliphatic rings. The second kappa shape index (κ2) is 10.2. The number of rotatable bonds is 2. The van der Waals surface area contributed by atoms with Gasteiger partial charge in [-0.1, -0.05) is 66.7 Å².